The second-order valence-electron chi connectivity index (χ2n) is 7.75. The zero-order valence-electron chi connectivity index (χ0n) is 18.8. The van der Waals surface area contributed by atoms with Crippen LogP contribution in [0, 0.1) is 0 Å². The number of carbonyl (C=O) groups excluding carboxylic acids is 2. The Labute approximate surface area is 204 Å². The Balaban J connectivity index is 1.46. The number of nitrogens with zero attached hydrogens (tertiary/aromatic N) is 1. The largest absolute Gasteiger partial charge is 0.332 e. The molecule has 34 heavy (non-hydrogen) atoms. The molecule has 0 bridgehead atoms. The van der Waals surface area contributed by atoms with Crippen LogP contribution in [0.5, 0.6) is 0 Å². The van der Waals surface area contributed by atoms with Gasteiger partial charge in [-0.2, -0.15) is 0 Å². The van der Waals surface area contributed by atoms with E-state index >= 15 is 0 Å². The highest BCUT2D eigenvalue weighted by Crippen LogP contribution is 2.22. The fourth-order valence-corrected chi connectivity index (χ4v) is 4.14. The number of anilines is 2. The van der Waals surface area contributed by atoms with Crippen LogP contribution in [0.3, 0.4) is 0 Å². The van der Waals surface area contributed by atoms with Gasteiger partial charge in [0.25, 0.3) is 5.91 Å². The molecule has 2 amide bonds. The van der Waals surface area contributed by atoms with Crippen LogP contribution < -0.4 is 15.5 Å². The number of carbonyl (C=O) groups is 2. The summed E-state index contributed by atoms with van der Waals surface area (Å²) < 4.78 is 0. The first-order valence-electron chi connectivity index (χ1n) is 11.1. The van der Waals surface area contributed by atoms with Gasteiger partial charge in [-0.15, -0.1) is 0 Å². The lowest BCUT2D eigenvalue weighted by Crippen LogP contribution is -2.36. The Hall–Kier alpha value is -4.03. The number of para-hydroxylation sites is 2. The zero-order valence-corrected chi connectivity index (χ0v) is 19.6. The van der Waals surface area contributed by atoms with Gasteiger partial charge in [0.15, 0.2) is 5.11 Å². The van der Waals surface area contributed by atoms with Crippen LogP contribution in [0.25, 0.3) is 10.8 Å². The minimum absolute atomic E-state index is 0.147. The Morgan fingerprint density at radius 3 is 2.29 bits per heavy atom. The molecule has 0 aliphatic heterocycles. The Morgan fingerprint density at radius 2 is 1.50 bits per heavy atom. The number of benzene rings is 4. The Bertz CT molecular complexity index is 1330. The van der Waals surface area contributed by atoms with E-state index < -0.39 is 0 Å². The summed E-state index contributed by atoms with van der Waals surface area (Å²) in [5.74, 6) is -0.376. The second-order valence-corrected chi connectivity index (χ2v) is 8.16. The van der Waals surface area contributed by atoms with Gasteiger partial charge >= 0.3 is 0 Å². The number of amides is 2. The summed E-state index contributed by atoms with van der Waals surface area (Å²) in [5.41, 5.74) is 2.75. The van der Waals surface area contributed by atoms with Crippen LogP contribution in [-0.2, 0) is 11.2 Å². The van der Waals surface area contributed by atoms with Crippen molar-refractivity contribution in [2.24, 2.45) is 0 Å². The molecular formula is C28H25N3O2S. The summed E-state index contributed by atoms with van der Waals surface area (Å²) in [5, 5.41) is 8.03. The van der Waals surface area contributed by atoms with Crippen LogP contribution in [0.1, 0.15) is 22.8 Å². The molecule has 6 heteroatoms. The summed E-state index contributed by atoms with van der Waals surface area (Å²) >= 11 is 5.39. The van der Waals surface area contributed by atoms with E-state index in [1.54, 1.807) is 23.1 Å². The molecule has 170 valence electrons. The van der Waals surface area contributed by atoms with Crippen LogP contribution >= 0.6 is 12.2 Å². The average molecular weight is 468 g/mol. The summed E-state index contributed by atoms with van der Waals surface area (Å²) in [6, 6.07) is 30.5. The molecule has 0 heterocycles. The molecular weight excluding hydrogens is 442 g/mol. The van der Waals surface area contributed by atoms with Crippen molar-refractivity contribution in [3.63, 3.8) is 0 Å². The highest BCUT2D eigenvalue weighted by atomic mass is 32.1. The molecule has 4 aromatic rings. The van der Waals surface area contributed by atoms with Gasteiger partial charge in [0.2, 0.25) is 5.91 Å². The maximum atomic E-state index is 13.3. The molecule has 2 N–H and O–H groups in total. The molecule has 0 fully saturated rings. The lowest BCUT2D eigenvalue weighted by Gasteiger charge is -2.23. The first-order chi connectivity index (χ1) is 16.6. The number of fused-ring (bicyclic) bond motifs is 1. The van der Waals surface area contributed by atoms with E-state index in [0.717, 1.165) is 22.0 Å². The van der Waals surface area contributed by atoms with E-state index in [9.17, 15) is 9.59 Å². The molecule has 0 aliphatic rings. The van der Waals surface area contributed by atoms with Gasteiger partial charge in [0.05, 0.1) is 17.7 Å². The standard InChI is InChI=1S/C28H25N3O2S/c1-2-31(22-14-4-3-5-15-22)27(33)24-17-8-9-18-25(24)29-28(34)30-26(32)19-21-13-10-12-20-11-6-7-16-23(20)21/h3-18H,2,19H2,1H3,(H2,29,30,32,34). The van der Waals surface area contributed by atoms with Crippen molar-refractivity contribution in [3.8, 4) is 0 Å². The van der Waals surface area contributed by atoms with E-state index in [-0.39, 0.29) is 23.3 Å². The highest BCUT2D eigenvalue weighted by Gasteiger charge is 2.19. The molecule has 0 radical (unpaired) electrons. The quantitative estimate of drug-likeness (QED) is 0.364. The molecule has 0 spiro atoms. The van der Waals surface area contributed by atoms with E-state index in [1.807, 2.05) is 85.8 Å². The lowest BCUT2D eigenvalue weighted by atomic mass is 10.0. The van der Waals surface area contributed by atoms with Gasteiger partial charge in [-0.05, 0) is 59.7 Å². The summed E-state index contributed by atoms with van der Waals surface area (Å²) in [7, 11) is 0. The van der Waals surface area contributed by atoms with Crippen LogP contribution in [0.2, 0.25) is 0 Å². The molecule has 0 saturated heterocycles. The molecule has 0 unspecified atom stereocenters. The third-order valence-electron chi connectivity index (χ3n) is 5.52. The number of nitrogens with one attached hydrogen (secondary N) is 2. The van der Waals surface area contributed by atoms with E-state index in [0.29, 0.717) is 17.8 Å². The van der Waals surface area contributed by atoms with Gasteiger partial charge in [-0.3, -0.25) is 9.59 Å². The van der Waals surface area contributed by atoms with E-state index in [2.05, 4.69) is 10.6 Å². The van der Waals surface area contributed by atoms with Gasteiger partial charge in [0, 0.05) is 12.2 Å². The maximum Gasteiger partial charge on any atom is 0.260 e. The van der Waals surface area contributed by atoms with Crippen molar-refractivity contribution in [3.05, 3.63) is 108 Å². The third kappa shape index (κ3) is 5.30. The van der Waals surface area contributed by atoms with Gasteiger partial charge in [-0.25, -0.2) is 0 Å². The van der Waals surface area contributed by atoms with E-state index in [4.69, 9.17) is 12.2 Å². The summed E-state index contributed by atoms with van der Waals surface area (Å²) in [4.78, 5) is 27.7. The SMILES string of the molecule is CCN(C(=O)c1ccccc1NC(=S)NC(=O)Cc1cccc2ccccc12)c1ccccc1. The van der Waals surface area contributed by atoms with Gasteiger partial charge in [-0.1, -0.05) is 72.8 Å². The minimum Gasteiger partial charge on any atom is -0.332 e. The molecule has 4 rings (SSSR count). The highest BCUT2D eigenvalue weighted by molar-refractivity contribution is 7.80. The number of hydrogen-bond acceptors (Lipinski definition) is 3. The molecule has 5 nitrogen and oxygen atoms in total. The van der Waals surface area contributed by atoms with Crippen molar-refractivity contribution < 1.29 is 9.59 Å². The molecule has 0 atom stereocenters. The van der Waals surface area contributed by atoms with Crippen LogP contribution in [0.4, 0.5) is 11.4 Å². The first-order valence-corrected chi connectivity index (χ1v) is 11.5. The van der Waals surface area contributed by atoms with Crippen molar-refractivity contribution in [1.82, 2.24) is 5.32 Å². The van der Waals surface area contributed by atoms with E-state index in [1.165, 1.54) is 0 Å². The number of rotatable bonds is 6. The van der Waals surface area contributed by atoms with Crippen molar-refractivity contribution >= 4 is 51.3 Å². The minimum atomic E-state index is -0.225. The van der Waals surface area contributed by atoms with Crippen molar-refractivity contribution in [1.29, 1.82) is 0 Å². The molecule has 4 aromatic carbocycles. The lowest BCUT2D eigenvalue weighted by molar-refractivity contribution is -0.119. The second kappa shape index (κ2) is 10.7. The third-order valence-corrected chi connectivity index (χ3v) is 5.72. The Kier molecular flexibility index (Phi) is 7.30. The first kappa shape index (κ1) is 23.1. The molecule has 0 saturated carbocycles. The van der Waals surface area contributed by atoms with Crippen LogP contribution in [-0.4, -0.2) is 23.5 Å². The molecule has 0 aliphatic carbocycles. The smallest absolute Gasteiger partial charge is 0.260 e. The average Bonchev–Trinajstić information content (AvgIpc) is 2.85. The number of hydrogen-bond donors (Lipinski definition) is 2. The number of thiocarbonyl (C=S) groups is 1. The van der Waals surface area contributed by atoms with Crippen molar-refractivity contribution in [2.45, 2.75) is 13.3 Å². The normalized spacial score (nSPS) is 10.5. The monoisotopic (exact) mass is 467 g/mol. The fourth-order valence-electron chi connectivity index (χ4n) is 3.92. The summed E-state index contributed by atoms with van der Waals surface area (Å²) in [6.07, 6.45) is 0.196. The zero-order chi connectivity index (χ0) is 23.9. The molecule has 0 aromatic heterocycles. The van der Waals surface area contributed by atoms with Crippen molar-refractivity contribution in [2.75, 3.05) is 16.8 Å². The fraction of sp³-hybridized carbons (Fsp3) is 0.107. The summed E-state index contributed by atoms with van der Waals surface area (Å²) in [6.45, 7) is 2.45. The predicted octanol–water partition coefficient (Wildman–Crippen LogP) is 5.56. The maximum absolute atomic E-state index is 13.3. The van der Waals surface area contributed by atoms with Crippen LogP contribution in [0.15, 0.2) is 97.1 Å². The van der Waals surface area contributed by atoms with Gasteiger partial charge < -0.3 is 15.5 Å². The Morgan fingerprint density at radius 1 is 0.824 bits per heavy atom. The van der Waals surface area contributed by atoms with Gasteiger partial charge in [0.1, 0.15) is 0 Å². The topological polar surface area (TPSA) is 61.4 Å². The predicted molar refractivity (Wildman–Crippen MR) is 142 cm³/mol.